The highest BCUT2D eigenvalue weighted by Gasteiger charge is 2.21. The third-order valence-corrected chi connectivity index (χ3v) is 5.09. The van der Waals surface area contributed by atoms with Gasteiger partial charge in [0.15, 0.2) is 5.15 Å². The molecule has 0 aliphatic carbocycles. The number of nitrogens with one attached hydrogen (secondary N) is 1. The van der Waals surface area contributed by atoms with Gasteiger partial charge < -0.3 is 10.1 Å². The van der Waals surface area contributed by atoms with Crippen LogP contribution in [-0.2, 0) is 11.2 Å². The van der Waals surface area contributed by atoms with E-state index in [2.05, 4.69) is 27.3 Å². The number of carbonyl (C=O) groups excluding carboxylic acids is 1. The Hall–Kier alpha value is -2.11. The van der Waals surface area contributed by atoms with E-state index in [4.69, 9.17) is 16.3 Å². The molecule has 2 aromatic rings. The number of amides is 1. The smallest absolute Gasteiger partial charge is 0.238 e. The normalized spacial score (nSPS) is 15.6. The van der Waals surface area contributed by atoms with E-state index in [1.54, 1.807) is 25.4 Å². The molecule has 1 saturated heterocycles. The zero-order valence-corrected chi connectivity index (χ0v) is 15.7. The summed E-state index contributed by atoms with van der Waals surface area (Å²) < 4.78 is 5.20. The number of hydrogen-bond acceptors (Lipinski definition) is 4. The fourth-order valence-electron chi connectivity index (χ4n) is 3.32. The van der Waals surface area contributed by atoms with Gasteiger partial charge in [-0.25, -0.2) is 4.98 Å². The number of likely N-dealkylation sites (tertiary alicyclic amines) is 1. The van der Waals surface area contributed by atoms with Gasteiger partial charge in [0, 0.05) is 6.20 Å². The molecule has 0 spiro atoms. The van der Waals surface area contributed by atoms with E-state index in [-0.39, 0.29) is 5.91 Å². The molecule has 1 aromatic heterocycles. The first-order chi connectivity index (χ1) is 12.6. The average molecular weight is 374 g/mol. The fraction of sp³-hybridized carbons (Fsp3) is 0.400. The van der Waals surface area contributed by atoms with Gasteiger partial charge in [0.05, 0.1) is 19.3 Å². The van der Waals surface area contributed by atoms with Crippen molar-refractivity contribution in [2.75, 3.05) is 32.1 Å². The van der Waals surface area contributed by atoms with Crippen LogP contribution in [-0.4, -0.2) is 42.5 Å². The molecule has 1 amide bonds. The van der Waals surface area contributed by atoms with Gasteiger partial charge in [-0.15, -0.1) is 0 Å². The summed E-state index contributed by atoms with van der Waals surface area (Å²) in [5, 5.41) is 3.15. The maximum atomic E-state index is 12.2. The second kappa shape index (κ2) is 9.01. The standard InChI is InChI=1S/C20H24ClN3O2/c1-26-17-6-4-15(5-7-17)13-16-8-11-24(12-9-16)14-19(25)23-18-3-2-10-22-20(18)21/h2-7,10,16H,8-9,11-14H2,1H3,(H,23,25). The van der Waals surface area contributed by atoms with Crippen molar-refractivity contribution in [2.24, 2.45) is 5.92 Å². The zero-order valence-electron chi connectivity index (χ0n) is 15.0. The molecule has 5 nitrogen and oxygen atoms in total. The van der Waals surface area contributed by atoms with Gasteiger partial charge in [-0.1, -0.05) is 23.7 Å². The number of carbonyl (C=O) groups is 1. The maximum Gasteiger partial charge on any atom is 0.238 e. The summed E-state index contributed by atoms with van der Waals surface area (Å²) in [6, 6.07) is 11.8. The summed E-state index contributed by atoms with van der Waals surface area (Å²) in [5.41, 5.74) is 1.90. The number of piperidine rings is 1. The van der Waals surface area contributed by atoms with Crippen LogP contribution in [0.2, 0.25) is 5.15 Å². The minimum Gasteiger partial charge on any atom is -0.497 e. The third kappa shape index (κ3) is 5.19. The Morgan fingerprint density at radius 2 is 2.00 bits per heavy atom. The van der Waals surface area contributed by atoms with E-state index in [1.165, 1.54) is 5.56 Å². The summed E-state index contributed by atoms with van der Waals surface area (Å²) in [4.78, 5) is 18.4. The molecule has 0 saturated carbocycles. The molecule has 6 heteroatoms. The number of rotatable bonds is 6. The molecule has 2 heterocycles. The van der Waals surface area contributed by atoms with Crippen LogP contribution in [0, 0.1) is 5.92 Å². The molecule has 26 heavy (non-hydrogen) atoms. The molecule has 1 aromatic carbocycles. The number of anilines is 1. The van der Waals surface area contributed by atoms with Gasteiger partial charge in [-0.05, 0) is 68.1 Å². The van der Waals surface area contributed by atoms with Crippen LogP contribution < -0.4 is 10.1 Å². The van der Waals surface area contributed by atoms with Gasteiger partial charge in [-0.3, -0.25) is 9.69 Å². The summed E-state index contributed by atoms with van der Waals surface area (Å²) in [6.45, 7) is 2.27. The number of pyridine rings is 1. The monoisotopic (exact) mass is 373 g/mol. The molecule has 3 rings (SSSR count). The largest absolute Gasteiger partial charge is 0.497 e. The Morgan fingerprint density at radius 3 is 2.65 bits per heavy atom. The van der Waals surface area contributed by atoms with Crippen molar-refractivity contribution in [3.63, 3.8) is 0 Å². The van der Waals surface area contributed by atoms with Crippen LogP contribution in [0.25, 0.3) is 0 Å². The number of nitrogens with zero attached hydrogens (tertiary/aromatic N) is 2. The fourth-order valence-corrected chi connectivity index (χ4v) is 3.48. The minimum absolute atomic E-state index is 0.0477. The van der Waals surface area contributed by atoms with Gasteiger partial charge in [0.25, 0.3) is 0 Å². The van der Waals surface area contributed by atoms with Crippen LogP contribution in [0.4, 0.5) is 5.69 Å². The zero-order chi connectivity index (χ0) is 18.4. The SMILES string of the molecule is COc1ccc(CC2CCN(CC(=O)Nc3cccnc3Cl)CC2)cc1. The number of hydrogen-bond donors (Lipinski definition) is 1. The highest BCUT2D eigenvalue weighted by atomic mass is 35.5. The van der Waals surface area contributed by atoms with Crippen molar-refractivity contribution in [3.05, 3.63) is 53.3 Å². The van der Waals surface area contributed by atoms with Gasteiger partial charge in [-0.2, -0.15) is 0 Å². The molecule has 1 fully saturated rings. The Labute approximate surface area is 159 Å². The van der Waals surface area contributed by atoms with E-state index < -0.39 is 0 Å². The first-order valence-corrected chi connectivity index (χ1v) is 9.27. The first kappa shape index (κ1) is 18.7. The van der Waals surface area contributed by atoms with Gasteiger partial charge >= 0.3 is 0 Å². The van der Waals surface area contributed by atoms with E-state index in [0.29, 0.717) is 23.3 Å². The molecule has 0 bridgehead atoms. The lowest BCUT2D eigenvalue weighted by atomic mass is 9.90. The Kier molecular flexibility index (Phi) is 6.47. The summed E-state index contributed by atoms with van der Waals surface area (Å²) in [6.07, 6.45) is 4.89. The van der Waals surface area contributed by atoms with E-state index in [9.17, 15) is 4.79 Å². The van der Waals surface area contributed by atoms with Crippen LogP contribution in [0.5, 0.6) is 5.75 Å². The first-order valence-electron chi connectivity index (χ1n) is 8.89. The van der Waals surface area contributed by atoms with Crippen molar-refractivity contribution in [1.82, 2.24) is 9.88 Å². The lowest BCUT2D eigenvalue weighted by Crippen LogP contribution is -2.39. The molecule has 0 atom stereocenters. The molecule has 138 valence electrons. The predicted octanol–water partition coefficient (Wildman–Crippen LogP) is 3.64. The molecule has 0 unspecified atom stereocenters. The van der Waals surface area contributed by atoms with Gasteiger partial charge in [0.1, 0.15) is 5.75 Å². The van der Waals surface area contributed by atoms with Gasteiger partial charge in [0.2, 0.25) is 5.91 Å². The lowest BCUT2D eigenvalue weighted by Gasteiger charge is -2.31. The molecular formula is C20H24ClN3O2. The number of benzene rings is 1. The van der Waals surface area contributed by atoms with E-state index >= 15 is 0 Å². The second-order valence-corrected chi connectivity index (χ2v) is 7.02. The summed E-state index contributed by atoms with van der Waals surface area (Å²) in [7, 11) is 1.68. The third-order valence-electron chi connectivity index (χ3n) is 4.79. The predicted molar refractivity (Wildman–Crippen MR) is 104 cm³/mol. The van der Waals surface area contributed by atoms with Crippen LogP contribution >= 0.6 is 11.6 Å². The Bertz CT molecular complexity index is 728. The maximum absolute atomic E-state index is 12.2. The van der Waals surface area contributed by atoms with Crippen molar-refractivity contribution in [1.29, 1.82) is 0 Å². The number of aromatic nitrogens is 1. The van der Waals surface area contributed by atoms with Crippen molar-refractivity contribution < 1.29 is 9.53 Å². The van der Waals surface area contributed by atoms with Crippen LogP contribution in [0.15, 0.2) is 42.6 Å². The highest BCUT2D eigenvalue weighted by Crippen LogP contribution is 2.23. The molecule has 1 N–H and O–H groups in total. The van der Waals surface area contributed by atoms with Crippen molar-refractivity contribution >= 4 is 23.2 Å². The lowest BCUT2D eigenvalue weighted by molar-refractivity contribution is -0.117. The van der Waals surface area contributed by atoms with Crippen LogP contribution in [0.3, 0.4) is 0 Å². The highest BCUT2D eigenvalue weighted by molar-refractivity contribution is 6.32. The number of halogens is 1. The molecule has 0 radical (unpaired) electrons. The number of ether oxygens (including phenoxy) is 1. The Balaban J connectivity index is 1.43. The summed E-state index contributed by atoms with van der Waals surface area (Å²) in [5.74, 6) is 1.51. The molecule has 1 aliphatic heterocycles. The van der Waals surface area contributed by atoms with E-state index in [1.807, 2.05) is 12.1 Å². The topological polar surface area (TPSA) is 54.5 Å². The van der Waals surface area contributed by atoms with Crippen LogP contribution in [0.1, 0.15) is 18.4 Å². The minimum atomic E-state index is -0.0477. The number of methoxy groups -OCH3 is 1. The quantitative estimate of drug-likeness (QED) is 0.785. The van der Waals surface area contributed by atoms with Crippen molar-refractivity contribution in [2.45, 2.75) is 19.3 Å². The Morgan fingerprint density at radius 1 is 1.27 bits per heavy atom. The second-order valence-electron chi connectivity index (χ2n) is 6.66. The molecule has 1 aliphatic rings. The van der Waals surface area contributed by atoms with Crippen molar-refractivity contribution in [3.8, 4) is 5.75 Å². The average Bonchev–Trinajstić information content (AvgIpc) is 2.66. The molecular weight excluding hydrogens is 350 g/mol. The summed E-state index contributed by atoms with van der Waals surface area (Å²) >= 11 is 5.98. The van der Waals surface area contributed by atoms with E-state index in [0.717, 1.165) is 38.1 Å².